The highest BCUT2D eigenvalue weighted by molar-refractivity contribution is 9.10. The molecule has 0 radical (unpaired) electrons. The van der Waals surface area contributed by atoms with Crippen molar-refractivity contribution in [1.82, 2.24) is 0 Å². The third kappa shape index (κ3) is 1.84. The summed E-state index contributed by atoms with van der Waals surface area (Å²) in [6.45, 7) is 5.39. The summed E-state index contributed by atoms with van der Waals surface area (Å²) in [6.07, 6.45) is 3.17. The molecule has 3 rings (SSSR count). The summed E-state index contributed by atoms with van der Waals surface area (Å²) in [5, 5.41) is 0. The van der Waals surface area contributed by atoms with Crippen LogP contribution in [0, 0.1) is 5.41 Å². The van der Waals surface area contributed by atoms with Crippen LogP contribution >= 0.6 is 15.9 Å². The molecule has 2 heterocycles. The number of hydrogen-bond acceptors (Lipinski definition) is 2. The van der Waals surface area contributed by atoms with Crippen LogP contribution in [0.4, 0.5) is 0 Å². The predicted octanol–water partition coefficient (Wildman–Crippen LogP) is 4.17. The topological polar surface area (TPSA) is 21.6 Å². The largest absolute Gasteiger partial charge is 0.353 e. The van der Waals surface area contributed by atoms with Gasteiger partial charge in [-0.2, -0.15) is 0 Å². The second kappa shape index (κ2) is 4.17. The van der Waals surface area contributed by atoms with Crippen LogP contribution in [-0.2, 0) is 4.74 Å². The average molecular weight is 308 g/mol. The third-order valence-corrected chi connectivity index (χ3v) is 4.63. The highest BCUT2D eigenvalue weighted by Gasteiger charge is 2.53. The second-order valence-electron chi connectivity index (χ2n) is 5.87. The zero-order valence-electron chi connectivity index (χ0n) is 10.9. The van der Waals surface area contributed by atoms with E-state index in [2.05, 4.69) is 48.0 Å². The molecule has 1 spiro atoms. The van der Waals surface area contributed by atoms with Gasteiger partial charge in [-0.05, 0) is 37.0 Å². The molecule has 0 amide bonds. The molecule has 2 nitrogen and oxygen atoms in total. The molecule has 3 heteroatoms. The van der Waals surface area contributed by atoms with Crippen molar-refractivity contribution in [3.05, 3.63) is 34.3 Å². The van der Waals surface area contributed by atoms with Crippen LogP contribution in [0.5, 0.6) is 0 Å². The number of benzene rings is 1. The molecule has 1 atom stereocenters. The molecule has 0 aromatic heterocycles. The van der Waals surface area contributed by atoms with Crippen molar-refractivity contribution in [3.63, 3.8) is 0 Å². The number of rotatable bonds is 1. The van der Waals surface area contributed by atoms with Gasteiger partial charge in [0.25, 0.3) is 0 Å². The molecule has 1 aromatic carbocycles. The fraction of sp³-hybridized carbons (Fsp3) is 0.533. The minimum Gasteiger partial charge on any atom is -0.353 e. The maximum Gasteiger partial charge on any atom is 0.164 e. The fourth-order valence-corrected chi connectivity index (χ4v) is 3.45. The molecule has 1 fully saturated rings. The molecule has 1 unspecified atom stereocenters. The Morgan fingerprint density at radius 3 is 2.83 bits per heavy atom. The van der Waals surface area contributed by atoms with Gasteiger partial charge in [0.1, 0.15) is 0 Å². The van der Waals surface area contributed by atoms with Gasteiger partial charge in [0.15, 0.2) is 5.72 Å². The zero-order chi connectivity index (χ0) is 12.8. The van der Waals surface area contributed by atoms with Crippen LogP contribution < -0.4 is 0 Å². The Labute approximate surface area is 117 Å². The predicted molar refractivity (Wildman–Crippen MR) is 77.0 cm³/mol. The molecular formula is C15H18BrNO. The van der Waals surface area contributed by atoms with Crippen LogP contribution in [0.15, 0.2) is 33.7 Å². The third-order valence-electron chi connectivity index (χ3n) is 4.14. The molecule has 18 heavy (non-hydrogen) atoms. The highest BCUT2D eigenvalue weighted by Crippen LogP contribution is 2.50. The van der Waals surface area contributed by atoms with Crippen molar-refractivity contribution in [2.75, 3.05) is 6.61 Å². The Hall–Kier alpha value is -0.670. The first-order chi connectivity index (χ1) is 8.52. The maximum absolute atomic E-state index is 6.00. The maximum atomic E-state index is 6.00. The summed E-state index contributed by atoms with van der Waals surface area (Å²) in [5.74, 6) is 0. The Kier molecular flexibility index (Phi) is 2.87. The number of aliphatic imine (C=N–C) groups is 1. The van der Waals surface area contributed by atoms with Crippen molar-refractivity contribution in [1.29, 1.82) is 0 Å². The molecule has 1 aromatic rings. The van der Waals surface area contributed by atoms with Crippen LogP contribution in [0.1, 0.15) is 38.7 Å². The SMILES string of the molecule is CC1(C)CC(c2cccc(Br)c2)=NC12CCCO2. The van der Waals surface area contributed by atoms with Gasteiger partial charge in [-0.15, -0.1) is 0 Å². The van der Waals surface area contributed by atoms with E-state index in [-0.39, 0.29) is 11.1 Å². The minimum atomic E-state index is -0.273. The van der Waals surface area contributed by atoms with Crippen molar-refractivity contribution < 1.29 is 4.74 Å². The van der Waals surface area contributed by atoms with E-state index in [0.717, 1.165) is 30.3 Å². The van der Waals surface area contributed by atoms with Gasteiger partial charge in [-0.3, -0.25) is 4.99 Å². The molecule has 2 aliphatic rings. The van der Waals surface area contributed by atoms with Gasteiger partial charge < -0.3 is 4.74 Å². The Morgan fingerprint density at radius 2 is 2.17 bits per heavy atom. The Balaban J connectivity index is 2.00. The van der Waals surface area contributed by atoms with Gasteiger partial charge in [-0.25, -0.2) is 0 Å². The number of hydrogen-bond donors (Lipinski definition) is 0. The van der Waals surface area contributed by atoms with Gasteiger partial charge in [0.2, 0.25) is 0 Å². The summed E-state index contributed by atoms with van der Waals surface area (Å²) in [5.41, 5.74) is 2.22. The minimum absolute atomic E-state index is 0.0984. The molecule has 0 bridgehead atoms. The lowest BCUT2D eigenvalue weighted by Crippen LogP contribution is -2.38. The zero-order valence-corrected chi connectivity index (χ0v) is 12.5. The van der Waals surface area contributed by atoms with Crippen LogP contribution in [0.25, 0.3) is 0 Å². The van der Waals surface area contributed by atoms with Crippen molar-refractivity contribution in [2.24, 2.45) is 10.4 Å². The molecular weight excluding hydrogens is 290 g/mol. The van der Waals surface area contributed by atoms with Gasteiger partial charge in [0, 0.05) is 22.2 Å². The normalized spacial score (nSPS) is 29.8. The lowest BCUT2D eigenvalue weighted by molar-refractivity contribution is -0.0654. The first-order valence-corrected chi connectivity index (χ1v) is 7.30. The summed E-state index contributed by atoms with van der Waals surface area (Å²) in [7, 11) is 0. The Bertz CT molecular complexity index is 501. The molecule has 96 valence electrons. The average Bonchev–Trinajstić information content (AvgIpc) is 2.87. The highest BCUT2D eigenvalue weighted by atomic mass is 79.9. The van der Waals surface area contributed by atoms with E-state index in [1.807, 2.05) is 6.07 Å². The summed E-state index contributed by atoms with van der Waals surface area (Å²) in [4.78, 5) is 4.96. The summed E-state index contributed by atoms with van der Waals surface area (Å²) >= 11 is 3.53. The van der Waals surface area contributed by atoms with Crippen molar-refractivity contribution in [2.45, 2.75) is 38.8 Å². The molecule has 0 aliphatic carbocycles. The van der Waals surface area contributed by atoms with Gasteiger partial charge >= 0.3 is 0 Å². The fourth-order valence-electron chi connectivity index (χ4n) is 3.05. The van der Waals surface area contributed by atoms with E-state index in [1.165, 1.54) is 11.3 Å². The second-order valence-corrected chi connectivity index (χ2v) is 6.78. The van der Waals surface area contributed by atoms with Crippen molar-refractivity contribution in [3.8, 4) is 0 Å². The standard InChI is InChI=1S/C15H18BrNO/c1-14(2)10-13(11-5-3-6-12(16)9-11)17-15(14)7-4-8-18-15/h3,5-6,9H,4,7-8,10H2,1-2H3. The van der Waals surface area contributed by atoms with Gasteiger partial charge in [0.05, 0.1) is 0 Å². The van der Waals surface area contributed by atoms with E-state index < -0.39 is 0 Å². The van der Waals surface area contributed by atoms with Crippen molar-refractivity contribution >= 4 is 21.6 Å². The van der Waals surface area contributed by atoms with E-state index >= 15 is 0 Å². The number of nitrogens with zero attached hydrogens (tertiary/aromatic N) is 1. The van der Waals surface area contributed by atoms with E-state index in [0.29, 0.717) is 0 Å². The quantitative estimate of drug-likeness (QED) is 0.763. The molecule has 0 N–H and O–H groups in total. The van der Waals surface area contributed by atoms with E-state index in [4.69, 9.17) is 9.73 Å². The lowest BCUT2D eigenvalue weighted by atomic mass is 9.78. The summed E-state index contributed by atoms with van der Waals surface area (Å²) < 4.78 is 7.10. The first kappa shape index (κ1) is 12.4. The summed E-state index contributed by atoms with van der Waals surface area (Å²) in [6, 6.07) is 8.39. The van der Waals surface area contributed by atoms with Gasteiger partial charge in [-0.1, -0.05) is 41.9 Å². The molecule has 0 saturated carbocycles. The van der Waals surface area contributed by atoms with E-state index in [9.17, 15) is 0 Å². The van der Waals surface area contributed by atoms with Crippen LogP contribution in [0.3, 0.4) is 0 Å². The smallest absolute Gasteiger partial charge is 0.164 e. The monoisotopic (exact) mass is 307 g/mol. The van der Waals surface area contributed by atoms with E-state index in [1.54, 1.807) is 0 Å². The van der Waals surface area contributed by atoms with Crippen LogP contribution in [0.2, 0.25) is 0 Å². The first-order valence-electron chi connectivity index (χ1n) is 6.51. The number of halogens is 1. The lowest BCUT2D eigenvalue weighted by Gasteiger charge is -2.34. The number of ether oxygens (including phenoxy) is 1. The Morgan fingerprint density at radius 1 is 1.33 bits per heavy atom. The molecule has 1 saturated heterocycles. The van der Waals surface area contributed by atoms with Crippen LogP contribution in [-0.4, -0.2) is 18.0 Å². The molecule has 2 aliphatic heterocycles.